The van der Waals surface area contributed by atoms with Crippen LogP contribution in [0.5, 0.6) is 11.5 Å². The quantitative estimate of drug-likeness (QED) is 0.840. The highest BCUT2D eigenvalue weighted by Gasteiger charge is 2.30. The van der Waals surface area contributed by atoms with E-state index in [4.69, 9.17) is 4.74 Å². The second-order valence-corrected chi connectivity index (χ2v) is 5.06. The first-order valence-corrected chi connectivity index (χ1v) is 6.59. The minimum atomic E-state index is -4.32. The zero-order chi connectivity index (χ0) is 15.0. The Morgan fingerprint density at radius 1 is 1.05 bits per heavy atom. The van der Waals surface area contributed by atoms with Crippen molar-refractivity contribution >= 4 is 0 Å². The van der Waals surface area contributed by atoms with E-state index in [1.165, 1.54) is 18.2 Å². The molecule has 0 fully saturated rings. The third kappa shape index (κ3) is 2.82. The monoisotopic (exact) mass is 294 g/mol. The first-order valence-electron chi connectivity index (χ1n) is 6.59. The number of hydrogen-bond acceptors (Lipinski definition) is 2. The smallest absolute Gasteiger partial charge is 0.416 e. The van der Waals surface area contributed by atoms with Gasteiger partial charge in [-0.3, -0.25) is 0 Å². The molecule has 1 unspecified atom stereocenters. The summed E-state index contributed by atoms with van der Waals surface area (Å²) >= 11 is 0. The Kier molecular flexibility index (Phi) is 3.27. The fraction of sp³-hybridized carbons (Fsp3) is 0.250. The number of rotatable bonds is 1. The van der Waals surface area contributed by atoms with Gasteiger partial charge in [-0.25, -0.2) is 0 Å². The summed E-state index contributed by atoms with van der Waals surface area (Å²) in [4.78, 5) is 0. The normalized spacial score (nSPS) is 18.0. The Bertz CT molecular complexity index is 648. The summed E-state index contributed by atoms with van der Waals surface area (Å²) in [6.45, 7) is 0. The van der Waals surface area contributed by atoms with E-state index in [0.29, 0.717) is 12.2 Å². The van der Waals surface area contributed by atoms with Crippen molar-refractivity contribution in [2.24, 2.45) is 0 Å². The van der Waals surface area contributed by atoms with Crippen molar-refractivity contribution < 1.29 is 23.0 Å². The minimum absolute atomic E-state index is 0.185. The SMILES string of the molecule is Oc1ccc2c(c1)CCC(c1ccc(C(F)(F)F)cc1)O2. The molecule has 0 aliphatic carbocycles. The van der Waals surface area contributed by atoms with Gasteiger partial charge in [-0.1, -0.05) is 12.1 Å². The number of hydrogen-bond donors (Lipinski definition) is 1. The van der Waals surface area contributed by atoms with Crippen LogP contribution >= 0.6 is 0 Å². The number of phenols is 1. The van der Waals surface area contributed by atoms with Gasteiger partial charge < -0.3 is 9.84 Å². The van der Waals surface area contributed by atoms with E-state index >= 15 is 0 Å². The molecule has 3 rings (SSSR count). The molecule has 1 atom stereocenters. The lowest BCUT2D eigenvalue weighted by atomic mass is 9.96. The summed E-state index contributed by atoms with van der Waals surface area (Å²) in [5.41, 5.74) is 0.979. The fourth-order valence-electron chi connectivity index (χ4n) is 2.50. The molecule has 0 aromatic heterocycles. The predicted molar refractivity (Wildman–Crippen MR) is 71.2 cm³/mol. The summed E-state index contributed by atoms with van der Waals surface area (Å²) < 4.78 is 43.4. The van der Waals surface area contributed by atoms with Crippen molar-refractivity contribution in [1.82, 2.24) is 0 Å². The maximum absolute atomic E-state index is 12.5. The minimum Gasteiger partial charge on any atom is -0.508 e. The molecule has 21 heavy (non-hydrogen) atoms. The number of fused-ring (bicyclic) bond motifs is 1. The van der Waals surface area contributed by atoms with Crippen LogP contribution < -0.4 is 4.74 Å². The highest BCUT2D eigenvalue weighted by atomic mass is 19.4. The van der Waals surface area contributed by atoms with Crippen LogP contribution in [0.3, 0.4) is 0 Å². The third-order valence-corrected chi connectivity index (χ3v) is 3.60. The molecule has 0 radical (unpaired) electrons. The van der Waals surface area contributed by atoms with Gasteiger partial charge in [0.2, 0.25) is 0 Å². The van der Waals surface area contributed by atoms with E-state index in [1.807, 2.05) is 0 Å². The van der Waals surface area contributed by atoms with Gasteiger partial charge in [0, 0.05) is 0 Å². The van der Waals surface area contributed by atoms with Crippen molar-refractivity contribution in [2.45, 2.75) is 25.1 Å². The van der Waals surface area contributed by atoms with Gasteiger partial charge in [0.1, 0.15) is 17.6 Å². The molecule has 0 amide bonds. The maximum Gasteiger partial charge on any atom is 0.416 e. The van der Waals surface area contributed by atoms with Gasteiger partial charge in [0.05, 0.1) is 5.56 Å². The average molecular weight is 294 g/mol. The Morgan fingerprint density at radius 2 is 1.76 bits per heavy atom. The van der Waals surface area contributed by atoms with Crippen LogP contribution in [0.15, 0.2) is 42.5 Å². The number of phenolic OH excluding ortho intramolecular Hbond substituents is 1. The van der Waals surface area contributed by atoms with Crippen LogP contribution in [-0.2, 0) is 12.6 Å². The number of benzene rings is 2. The van der Waals surface area contributed by atoms with E-state index in [1.54, 1.807) is 12.1 Å². The van der Waals surface area contributed by atoms with E-state index < -0.39 is 11.7 Å². The number of aromatic hydroxyl groups is 1. The lowest BCUT2D eigenvalue weighted by Gasteiger charge is -2.26. The van der Waals surface area contributed by atoms with Gasteiger partial charge >= 0.3 is 6.18 Å². The molecule has 0 saturated carbocycles. The van der Waals surface area contributed by atoms with Crippen LogP contribution in [0, 0.1) is 0 Å². The zero-order valence-electron chi connectivity index (χ0n) is 11.0. The first kappa shape index (κ1) is 13.8. The highest BCUT2D eigenvalue weighted by molar-refractivity contribution is 5.42. The Hall–Kier alpha value is -2.17. The van der Waals surface area contributed by atoms with E-state index in [0.717, 1.165) is 29.7 Å². The Morgan fingerprint density at radius 3 is 2.43 bits per heavy atom. The van der Waals surface area contributed by atoms with Crippen molar-refractivity contribution in [2.75, 3.05) is 0 Å². The van der Waals surface area contributed by atoms with Gasteiger partial charge in [-0.2, -0.15) is 13.2 Å². The molecule has 110 valence electrons. The molecule has 2 aromatic rings. The summed E-state index contributed by atoms with van der Waals surface area (Å²) in [5, 5.41) is 9.42. The van der Waals surface area contributed by atoms with Crippen LogP contribution in [0.25, 0.3) is 0 Å². The number of ether oxygens (including phenoxy) is 1. The lowest BCUT2D eigenvalue weighted by molar-refractivity contribution is -0.137. The molecular formula is C16H13F3O2. The van der Waals surface area contributed by atoms with Crippen LogP contribution in [-0.4, -0.2) is 5.11 Å². The number of alkyl halides is 3. The maximum atomic E-state index is 12.5. The van der Waals surface area contributed by atoms with Gasteiger partial charge in [-0.15, -0.1) is 0 Å². The number of aryl methyl sites for hydroxylation is 1. The molecule has 5 heteroatoms. The summed E-state index contributed by atoms with van der Waals surface area (Å²) in [6.07, 6.45) is -3.20. The molecule has 0 bridgehead atoms. The molecule has 2 nitrogen and oxygen atoms in total. The zero-order valence-corrected chi connectivity index (χ0v) is 11.0. The molecule has 2 aromatic carbocycles. The third-order valence-electron chi connectivity index (χ3n) is 3.60. The van der Waals surface area contributed by atoms with Crippen molar-refractivity contribution in [3.63, 3.8) is 0 Å². The molecule has 1 aliphatic rings. The lowest BCUT2D eigenvalue weighted by Crippen LogP contribution is -2.15. The average Bonchev–Trinajstić information content (AvgIpc) is 2.46. The highest BCUT2D eigenvalue weighted by Crippen LogP contribution is 2.37. The topological polar surface area (TPSA) is 29.5 Å². The molecule has 0 saturated heterocycles. The summed E-state index contributed by atoms with van der Waals surface area (Å²) in [5.74, 6) is 0.856. The van der Waals surface area contributed by atoms with Crippen LogP contribution in [0.4, 0.5) is 13.2 Å². The first-order chi connectivity index (χ1) is 9.93. The van der Waals surface area contributed by atoms with Crippen molar-refractivity contribution in [3.05, 3.63) is 59.2 Å². The standard InChI is InChI=1S/C16H13F3O2/c17-16(18,19)12-4-1-10(2-5-12)14-7-3-11-9-13(20)6-8-15(11)21-14/h1-2,4-6,8-9,14,20H,3,7H2. The Labute approximate surface area is 119 Å². The molecule has 1 aliphatic heterocycles. The van der Waals surface area contributed by atoms with Crippen molar-refractivity contribution in [1.29, 1.82) is 0 Å². The van der Waals surface area contributed by atoms with Crippen molar-refractivity contribution in [3.8, 4) is 11.5 Å². The second kappa shape index (κ2) is 4.98. The van der Waals surface area contributed by atoms with Gasteiger partial charge in [-0.05, 0) is 54.3 Å². The molecule has 0 spiro atoms. The largest absolute Gasteiger partial charge is 0.508 e. The Balaban J connectivity index is 1.81. The van der Waals surface area contributed by atoms with E-state index in [2.05, 4.69) is 0 Å². The predicted octanol–water partition coefficient (Wildman–Crippen LogP) is 4.48. The fourth-order valence-corrected chi connectivity index (χ4v) is 2.50. The van der Waals surface area contributed by atoms with Crippen LogP contribution in [0.2, 0.25) is 0 Å². The number of halogens is 3. The molecule has 1 heterocycles. The van der Waals surface area contributed by atoms with Gasteiger partial charge in [0.15, 0.2) is 0 Å². The molecule has 1 N–H and O–H groups in total. The second-order valence-electron chi connectivity index (χ2n) is 5.06. The van der Waals surface area contributed by atoms with Crippen LogP contribution in [0.1, 0.15) is 29.2 Å². The summed E-state index contributed by atoms with van der Waals surface area (Å²) in [6, 6.07) is 9.93. The molecular weight excluding hydrogens is 281 g/mol. The van der Waals surface area contributed by atoms with E-state index in [-0.39, 0.29) is 11.9 Å². The van der Waals surface area contributed by atoms with E-state index in [9.17, 15) is 18.3 Å². The van der Waals surface area contributed by atoms with Gasteiger partial charge in [0.25, 0.3) is 0 Å². The summed E-state index contributed by atoms with van der Waals surface area (Å²) in [7, 11) is 0.